The summed E-state index contributed by atoms with van der Waals surface area (Å²) in [4.78, 5) is 9.93. The highest BCUT2D eigenvalue weighted by atomic mass is 32.2. The zero-order valence-electron chi connectivity index (χ0n) is 3.61. The highest BCUT2D eigenvalue weighted by Crippen LogP contribution is 2.22. The molecule has 0 aromatic carbocycles. The van der Waals surface area contributed by atoms with Crippen LogP contribution in [0.2, 0.25) is 0 Å². The Morgan fingerprint density at radius 3 is 2.00 bits per heavy atom. The Morgan fingerprint density at radius 1 is 1.62 bits per heavy atom. The molecule has 0 aliphatic heterocycles. The predicted molar refractivity (Wildman–Crippen MR) is 38.4 cm³/mol. The zero-order chi connectivity index (χ0) is 6.78. The molecule has 0 bridgehead atoms. The Kier molecular flexibility index (Phi) is 3.03. The summed E-state index contributed by atoms with van der Waals surface area (Å²) in [5.74, 6) is -1.29. The summed E-state index contributed by atoms with van der Waals surface area (Å²) in [6.45, 7) is 0. The van der Waals surface area contributed by atoms with Gasteiger partial charge in [-0.25, -0.2) is 4.79 Å². The summed E-state index contributed by atoms with van der Waals surface area (Å²) < 4.78 is 2.23. The monoisotopic (exact) mass is 172 g/mol. The third-order valence-electron chi connectivity index (χ3n) is 0.406. The maximum atomic E-state index is 9.93. The molecule has 0 fully saturated rings. The third kappa shape index (κ3) is 2.17. The molecule has 0 heterocycles. The van der Waals surface area contributed by atoms with Crippen molar-refractivity contribution in [2.75, 3.05) is 0 Å². The van der Waals surface area contributed by atoms with Crippen molar-refractivity contribution in [2.45, 2.75) is 4.27 Å². The maximum Gasteiger partial charge on any atom is 0.358 e. The van der Waals surface area contributed by atoms with E-state index in [0.29, 0.717) is 0 Å². The van der Waals surface area contributed by atoms with E-state index in [1.165, 1.54) is 0 Å². The average Bonchev–Trinajstić information content (AvgIpc) is 1.67. The van der Waals surface area contributed by atoms with E-state index in [4.69, 9.17) is 5.11 Å². The summed E-state index contributed by atoms with van der Waals surface area (Å²) in [5.41, 5.74) is 0. The third-order valence-corrected chi connectivity index (χ3v) is 1.53. The highest BCUT2D eigenvalue weighted by molar-refractivity contribution is 8.02. The molecule has 0 aromatic heterocycles. The lowest BCUT2D eigenvalue weighted by atomic mass is 10.7. The molecular formula is C2H4O3S3. The van der Waals surface area contributed by atoms with Crippen molar-refractivity contribution in [1.29, 1.82) is 0 Å². The number of carboxylic acids is 1. The molecule has 0 aromatic rings. The van der Waals surface area contributed by atoms with Gasteiger partial charge < -0.3 is 5.11 Å². The number of aliphatic carboxylic acids is 1. The van der Waals surface area contributed by atoms with Crippen LogP contribution in [0.15, 0.2) is 0 Å². The van der Waals surface area contributed by atoms with Crippen LogP contribution in [0.4, 0.5) is 0 Å². The van der Waals surface area contributed by atoms with Crippen LogP contribution in [0.3, 0.4) is 0 Å². The van der Waals surface area contributed by atoms with Crippen molar-refractivity contribution in [2.24, 2.45) is 0 Å². The van der Waals surface area contributed by atoms with Gasteiger partial charge in [-0.15, -0.1) is 25.3 Å². The van der Waals surface area contributed by atoms with Crippen LogP contribution < -0.4 is 0 Å². The van der Waals surface area contributed by atoms with Gasteiger partial charge in [0.05, 0.1) is 0 Å². The van der Waals surface area contributed by atoms with Gasteiger partial charge in [0.2, 0.25) is 0 Å². The lowest BCUT2D eigenvalue weighted by molar-refractivity contribution is -0.141. The summed E-state index contributed by atoms with van der Waals surface area (Å²) in [7, 11) is 0. The van der Waals surface area contributed by atoms with Crippen LogP contribution in [0, 0.1) is 0 Å². The maximum absolute atomic E-state index is 9.93. The van der Waals surface area contributed by atoms with Crippen molar-refractivity contribution >= 4 is 44.1 Å². The fraction of sp³-hybridized carbons (Fsp3) is 0.500. The predicted octanol–water partition coefficient (Wildman–Crippen LogP) is 0.446. The molecule has 0 saturated carbocycles. The van der Waals surface area contributed by atoms with E-state index in [9.17, 15) is 4.79 Å². The first-order valence-corrected chi connectivity index (χ1v) is 2.77. The molecule has 0 rings (SSSR count). The lowest BCUT2D eigenvalue weighted by Crippen LogP contribution is -2.25. The van der Waals surface area contributed by atoms with E-state index < -0.39 is 10.2 Å². The minimum Gasteiger partial charge on any atom is -0.478 e. The molecule has 0 amide bonds. The Bertz CT molecular complexity index is 101. The number of hydrogen-bond acceptors (Lipinski definition) is 5. The van der Waals surface area contributed by atoms with Crippen LogP contribution in [0.25, 0.3) is 0 Å². The van der Waals surface area contributed by atoms with Crippen LogP contribution in [0.5, 0.6) is 0 Å². The molecule has 0 saturated heterocycles. The molecule has 0 atom stereocenters. The van der Waals surface area contributed by atoms with Crippen LogP contribution in [-0.4, -0.2) is 15.3 Å². The van der Waals surface area contributed by atoms with E-state index in [1.54, 1.807) is 0 Å². The second-order valence-electron chi connectivity index (χ2n) is 1.00. The van der Waals surface area contributed by atoms with Gasteiger partial charge in [0, 0.05) is 0 Å². The number of carboxylic acid groups (broad SMARTS) is 1. The minimum absolute atomic E-state index is 1.29. The molecule has 0 spiro atoms. The Balaban J connectivity index is 3.91. The second kappa shape index (κ2) is 2.86. The van der Waals surface area contributed by atoms with Gasteiger partial charge in [0.15, 0.2) is 0 Å². The molecule has 0 aliphatic carbocycles. The van der Waals surface area contributed by atoms with E-state index in [0.717, 1.165) is 0 Å². The first-order chi connectivity index (χ1) is 3.50. The Morgan fingerprint density at radius 2 is 2.00 bits per heavy atom. The molecule has 0 aliphatic rings. The summed E-state index contributed by atoms with van der Waals surface area (Å²) in [6, 6.07) is 0. The van der Waals surface area contributed by atoms with Crippen LogP contribution in [-0.2, 0) is 8.98 Å². The molecule has 6 heteroatoms. The molecule has 8 heavy (non-hydrogen) atoms. The first kappa shape index (κ1) is 8.48. The first-order valence-electron chi connectivity index (χ1n) is 1.51. The van der Waals surface area contributed by atoms with Crippen molar-refractivity contribution in [3.8, 4) is 0 Å². The Labute approximate surface area is 62.8 Å². The number of hydrogen-bond donors (Lipinski definition) is 4. The zero-order valence-corrected chi connectivity index (χ0v) is 6.29. The number of thiol groups is 3. The van der Waals surface area contributed by atoms with Crippen molar-refractivity contribution in [1.82, 2.24) is 0 Å². The summed E-state index contributed by atoms with van der Waals surface area (Å²) in [6.07, 6.45) is 0. The minimum atomic E-state index is -1.79. The van der Waals surface area contributed by atoms with Gasteiger partial charge in [-0.2, -0.15) is 0 Å². The van der Waals surface area contributed by atoms with Gasteiger partial charge in [-0.05, 0) is 12.9 Å². The summed E-state index contributed by atoms with van der Waals surface area (Å²) >= 11 is 10.1. The van der Waals surface area contributed by atoms with Crippen molar-refractivity contribution < 1.29 is 14.1 Å². The van der Waals surface area contributed by atoms with Gasteiger partial charge >= 0.3 is 5.97 Å². The molecular weight excluding hydrogens is 168 g/mol. The fourth-order valence-corrected chi connectivity index (χ4v) is 0.117. The quantitative estimate of drug-likeness (QED) is 0.278. The standard InChI is InChI=1S/C2H4O3S3/c3-1(4)2(6,7)5-8/h6-8H,(H,3,4). The number of rotatable bonds is 2. The van der Waals surface area contributed by atoms with Gasteiger partial charge in [-0.3, -0.25) is 4.18 Å². The highest BCUT2D eigenvalue weighted by Gasteiger charge is 2.29. The smallest absolute Gasteiger partial charge is 0.358 e. The lowest BCUT2D eigenvalue weighted by Gasteiger charge is -2.11. The van der Waals surface area contributed by atoms with Crippen molar-refractivity contribution in [3.63, 3.8) is 0 Å². The normalized spacial score (nSPS) is 11.4. The van der Waals surface area contributed by atoms with E-state index in [1.807, 2.05) is 0 Å². The molecule has 48 valence electrons. The van der Waals surface area contributed by atoms with Crippen molar-refractivity contribution in [3.05, 3.63) is 0 Å². The fourth-order valence-electron chi connectivity index (χ4n) is 0.0390. The van der Waals surface area contributed by atoms with E-state index >= 15 is 0 Å². The molecule has 0 radical (unpaired) electrons. The average molecular weight is 172 g/mol. The number of carbonyl (C=O) groups is 1. The van der Waals surface area contributed by atoms with E-state index in [-0.39, 0.29) is 0 Å². The molecule has 1 N–H and O–H groups in total. The van der Waals surface area contributed by atoms with Gasteiger partial charge in [0.1, 0.15) is 0 Å². The van der Waals surface area contributed by atoms with Gasteiger partial charge in [0.25, 0.3) is 4.27 Å². The van der Waals surface area contributed by atoms with Crippen LogP contribution in [0.1, 0.15) is 0 Å². The SMILES string of the molecule is O=C(O)C(S)(S)OS. The molecule has 3 nitrogen and oxygen atoms in total. The van der Waals surface area contributed by atoms with Gasteiger partial charge in [-0.1, -0.05) is 0 Å². The topological polar surface area (TPSA) is 46.5 Å². The summed E-state index contributed by atoms with van der Waals surface area (Å²) in [5, 5.41) is 8.11. The molecule has 0 unspecified atom stereocenters. The van der Waals surface area contributed by atoms with E-state index in [2.05, 4.69) is 42.4 Å². The van der Waals surface area contributed by atoms with Crippen LogP contribution >= 0.6 is 38.2 Å². The second-order valence-corrected chi connectivity index (χ2v) is 2.80. The largest absolute Gasteiger partial charge is 0.478 e. The Hall–Kier alpha value is 0.480.